The third-order valence-electron chi connectivity index (χ3n) is 5.26. The molecule has 8 nitrogen and oxygen atoms in total. The van der Waals surface area contributed by atoms with E-state index in [4.69, 9.17) is 21.1 Å². The van der Waals surface area contributed by atoms with Crippen LogP contribution in [-0.2, 0) is 9.59 Å². The Hall–Kier alpha value is -3.04. The van der Waals surface area contributed by atoms with Crippen molar-refractivity contribution in [2.45, 2.75) is 19.3 Å². The van der Waals surface area contributed by atoms with E-state index in [0.29, 0.717) is 30.2 Å². The normalized spacial score (nSPS) is 18.0. The van der Waals surface area contributed by atoms with Crippen LogP contribution in [0.1, 0.15) is 35.4 Å². The van der Waals surface area contributed by atoms with E-state index in [1.165, 1.54) is 18.2 Å². The number of nitrogens with zero attached hydrogens (tertiary/aromatic N) is 2. The predicted octanol–water partition coefficient (Wildman–Crippen LogP) is 4.35. The number of aromatic carboxylic acids is 1. The lowest BCUT2D eigenvalue weighted by atomic mass is 10.1. The molecule has 1 aromatic carbocycles. The second kappa shape index (κ2) is 9.22. The molecule has 1 N–H and O–H groups in total. The van der Waals surface area contributed by atoms with Crippen LogP contribution in [0.5, 0.6) is 0 Å². The maximum absolute atomic E-state index is 12.7. The van der Waals surface area contributed by atoms with E-state index in [1.807, 2.05) is 0 Å². The fraction of sp³-hybridized carbons (Fsp3) is 0.273. The molecule has 4 rings (SSSR count). The molecule has 32 heavy (non-hydrogen) atoms. The average molecular weight is 475 g/mol. The number of benzene rings is 1. The van der Waals surface area contributed by atoms with E-state index < -0.39 is 17.1 Å². The molecule has 0 spiro atoms. The summed E-state index contributed by atoms with van der Waals surface area (Å²) < 4.78 is 5.73. The molecule has 0 atom stereocenters. The van der Waals surface area contributed by atoms with Gasteiger partial charge in [-0.1, -0.05) is 17.7 Å². The zero-order valence-corrected chi connectivity index (χ0v) is 18.4. The quantitative estimate of drug-likeness (QED) is 0.642. The van der Waals surface area contributed by atoms with Crippen molar-refractivity contribution in [3.8, 4) is 11.3 Å². The number of likely N-dealkylation sites (tertiary alicyclic amines) is 1. The van der Waals surface area contributed by atoms with Crippen molar-refractivity contribution in [1.82, 2.24) is 9.80 Å². The summed E-state index contributed by atoms with van der Waals surface area (Å²) in [5.41, 5.74) is 0.551. The number of carboxylic acids is 1. The van der Waals surface area contributed by atoms with Crippen LogP contribution in [0.3, 0.4) is 0 Å². The summed E-state index contributed by atoms with van der Waals surface area (Å²) in [4.78, 5) is 51.4. The van der Waals surface area contributed by atoms with Gasteiger partial charge in [-0.25, -0.2) is 4.79 Å². The second-order valence-corrected chi connectivity index (χ2v) is 8.81. The van der Waals surface area contributed by atoms with Crippen molar-refractivity contribution in [1.29, 1.82) is 0 Å². The van der Waals surface area contributed by atoms with Crippen LogP contribution in [0, 0.1) is 0 Å². The van der Waals surface area contributed by atoms with Gasteiger partial charge in [0, 0.05) is 24.7 Å². The highest BCUT2D eigenvalue weighted by Gasteiger charge is 2.37. The number of halogens is 1. The minimum Gasteiger partial charge on any atom is -0.478 e. The van der Waals surface area contributed by atoms with Gasteiger partial charge in [0.05, 0.1) is 15.5 Å². The largest absolute Gasteiger partial charge is 0.478 e. The van der Waals surface area contributed by atoms with E-state index in [0.717, 1.165) is 35.9 Å². The zero-order chi connectivity index (χ0) is 22.8. The highest BCUT2D eigenvalue weighted by atomic mass is 35.5. The van der Waals surface area contributed by atoms with Crippen LogP contribution in [-0.4, -0.2) is 57.6 Å². The fourth-order valence-electron chi connectivity index (χ4n) is 3.57. The number of piperidine rings is 1. The molecule has 10 heteroatoms. The molecule has 0 saturated carbocycles. The first-order valence-electron chi connectivity index (χ1n) is 9.99. The lowest BCUT2D eigenvalue weighted by Gasteiger charge is -2.27. The number of carbonyl (C=O) groups excluding carboxylic acids is 3. The van der Waals surface area contributed by atoms with Crippen molar-refractivity contribution < 1.29 is 28.7 Å². The molecule has 2 saturated heterocycles. The molecule has 3 heterocycles. The number of carbonyl (C=O) groups is 4. The van der Waals surface area contributed by atoms with E-state index in [-0.39, 0.29) is 27.9 Å². The van der Waals surface area contributed by atoms with Crippen LogP contribution < -0.4 is 0 Å². The fourth-order valence-corrected chi connectivity index (χ4v) is 4.65. The minimum absolute atomic E-state index is 0.0185. The predicted molar refractivity (Wildman–Crippen MR) is 119 cm³/mol. The Labute approximate surface area is 192 Å². The number of rotatable bonds is 5. The molecule has 2 fully saturated rings. The van der Waals surface area contributed by atoms with Crippen molar-refractivity contribution in [2.24, 2.45) is 0 Å². The molecule has 0 aliphatic carbocycles. The second-order valence-electron chi connectivity index (χ2n) is 7.41. The standard InChI is InChI=1S/C22H19ClN2O6S/c23-16-10-13(4-6-15(16)21(28)29)17-7-5-14(31-17)11-18-20(27)25(22(30)32-18)12-19(26)24-8-2-1-3-9-24/h4-7,10-11H,1-3,8-9,12H2,(H,28,29)/b18-11-. The number of amides is 3. The number of imide groups is 1. The Morgan fingerprint density at radius 2 is 1.88 bits per heavy atom. The van der Waals surface area contributed by atoms with Gasteiger partial charge < -0.3 is 14.4 Å². The number of furan rings is 1. The molecule has 166 valence electrons. The molecule has 0 bridgehead atoms. The van der Waals surface area contributed by atoms with E-state index in [1.54, 1.807) is 23.1 Å². The van der Waals surface area contributed by atoms with E-state index in [2.05, 4.69) is 0 Å². The summed E-state index contributed by atoms with van der Waals surface area (Å²) in [6.45, 7) is 1.04. The molecule has 2 aliphatic heterocycles. The first-order chi connectivity index (χ1) is 15.3. The number of hydrogen-bond acceptors (Lipinski definition) is 6. The molecule has 0 radical (unpaired) electrons. The van der Waals surface area contributed by atoms with Gasteiger partial charge in [-0.2, -0.15) is 0 Å². The Kier molecular flexibility index (Phi) is 6.38. The molecule has 2 aliphatic rings. The van der Waals surface area contributed by atoms with Crippen molar-refractivity contribution in [3.63, 3.8) is 0 Å². The maximum Gasteiger partial charge on any atom is 0.337 e. The van der Waals surface area contributed by atoms with Gasteiger partial charge in [0.25, 0.3) is 11.1 Å². The zero-order valence-electron chi connectivity index (χ0n) is 16.9. The van der Waals surface area contributed by atoms with Gasteiger partial charge >= 0.3 is 5.97 Å². The Morgan fingerprint density at radius 3 is 2.56 bits per heavy atom. The van der Waals surface area contributed by atoms with Crippen molar-refractivity contribution >= 4 is 52.5 Å². The Morgan fingerprint density at radius 1 is 1.12 bits per heavy atom. The monoisotopic (exact) mass is 474 g/mol. The molecular formula is C22H19ClN2O6S. The maximum atomic E-state index is 12.7. The first kappa shape index (κ1) is 22.2. The smallest absolute Gasteiger partial charge is 0.337 e. The van der Waals surface area contributed by atoms with Crippen molar-refractivity contribution in [2.75, 3.05) is 19.6 Å². The molecular weight excluding hydrogens is 456 g/mol. The summed E-state index contributed by atoms with van der Waals surface area (Å²) in [7, 11) is 0. The van der Waals surface area contributed by atoms with Crippen molar-refractivity contribution in [3.05, 3.63) is 51.6 Å². The molecule has 0 unspecified atom stereocenters. The van der Waals surface area contributed by atoms with Crippen LogP contribution in [0.4, 0.5) is 4.79 Å². The summed E-state index contributed by atoms with van der Waals surface area (Å²) in [5.74, 6) is -1.12. The Bertz CT molecular complexity index is 1140. The van der Waals surface area contributed by atoms with Gasteiger partial charge in [0.2, 0.25) is 5.91 Å². The van der Waals surface area contributed by atoms with Crippen LogP contribution in [0.2, 0.25) is 5.02 Å². The molecule has 2 aromatic rings. The van der Waals surface area contributed by atoms with Gasteiger partial charge in [0.1, 0.15) is 18.1 Å². The summed E-state index contributed by atoms with van der Waals surface area (Å²) >= 11 is 6.77. The van der Waals surface area contributed by atoms with Crippen LogP contribution in [0.25, 0.3) is 17.4 Å². The third-order valence-corrected chi connectivity index (χ3v) is 6.48. The summed E-state index contributed by atoms with van der Waals surface area (Å²) in [6, 6.07) is 7.71. The lowest BCUT2D eigenvalue weighted by Crippen LogP contribution is -2.44. The van der Waals surface area contributed by atoms with Gasteiger partial charge in [-0.05, 0) is 55.3 Å². The SMILES string of the molecule is O=C(O)c1ccc(-c2ccc(/C=C3\SC(=O)N(CC(=O)N4CCCCC4)C3=O)o2)cc1Cl. The Balaban J connectivity index is 1.48. The van der Waals surface area contributed by atoms with Gasteiger partial charge in [-0.3, -0.25) is 19.3 Å². The first-order valence-corrected chi connectivity index (χ1v) is 11.2. The minimum atomic E-state index is -1.13. The van der Waals surface area contributed by atoms with E-state index in [9.17, 15) is 19.2 Å². The molecule has 1 aromatic heterocycles. The van der Waals surface area contributed by atoms with Gasteiger partial charge in [-0.15, -0.1) is 0 Å². The van der Waals surface area contributed by atoms with Crippen LogP contribution >= 0.6 is 23.4 Å². The summed E-state index contributed by atoms with van der Waals surface area (Å²) in [5, 5.41) is 8.67. The van der Waals surface area contributed by atoms with Crippen LogP contribution in [0.15, 0.2) is 39.7 Å². The number of hydrogen-bond donors (Lipinski definition) is 1. The van der Waals surface area contributed by atoms with E-state index >= 15 is 0 Å². The average Bonchev–Trinajstić information content (AvgIpc) is 3.34. The molecule has 3 amide bonds. The summed E-state index contributed by atoms with van der Waals surface area (Å²) in [6.07, 6.45) is 4.39. The third kappa shape index (κ3) is 4.58. The lowest BCUT2D eigenvalue weighted by molar-refractivity contribution is -0.136. The van der Waals surface area contributed by atoms with Gasteiger partial charge in [0.15, 0.2) is 0 Å². The number of carboxylic acid groups (broad SMARTS) is 1. The topological polar surface area (TPSA) is 108 Å². The highest BCUT2D eigenvalue weighted by Crippen LogP contribution is 2.34. The highest BCUT2D eigenvalue weighted by molar-refractivity contribution is 8.18. The number of thioether (sulfide) groups is 1.